The highest BCUT2D eigenvalue weighted by Crippen LogP contribution is 2.37. The van der Waals surface area contributed by atoms with E-state index < -0.39 is 5.54 Å². The highest BCUT2D eigenvalue weighted by Gasteiger charge is 2.44. The van der Waals surface area contributed by atoms with Crippen LogP contribution in [-0.4, -0.2) is 29.9 Å². The number of rotatable bonds is 2. The summed E-state index contributed by atoms with van der Waals surface area (Å²) in [5.74, 6) is -0.229. The third-order valence-corrected chi connectivity index (χ3v) is 5.73. The Morgan fingerprint density at radius 2 is 1.78 bits per heavy atom. The molecule has 2 amide bonds. The predicted octanol–water partition coefficient (Wildman–Crippen LogP) is 3.59. The molecular formula is C22H25N3O2. The lowest BCUT2D eigenvalue weighted by atomic mass is 9.94. The number of carbonyl (C=O) groups excluding carboxylic acids is 2. The fourth-order valence-electron chi connectivity index (χ4n) is 4.12. The number of hydrogen-bond donors (Lipinski definition) is 1. The van der Waals surface area contributed by atoms with Gasteiger partial charge < -0.3 is 10.2 Å². The van der Waals surface area contributed by atoms with Gasteiger partial charge in [-0.1, -0.05) is 30.3 Å². The van der Waals surface area contributed by atoms with Crippen molar-refractivity contribution in [3.8, 4) is 0 Å². The second-order valence-electron chi connectivity index (χ2n) is 7.90. The van der Waals surface area contributed by atoms with Gasteiger partial charge in [0.1, 0.15) is 5.54 Å². The van der Waals surface area contributed by atoms with Crippen LogP contribution in [0.4, 0.5) is 17.1 Å². The lowest BCUT2D eigenvalue weighted by Gasteiger charge is -2.44. The summed E-state index contributed by atoms with van der Waals surface area (Å²) in [6.45, 7) is 6.00. The molecule has 4 rings (SSSR count). The Labute approximate surface area is 160 Å². The number of fused-ring (bicyclic) bond motifs is 2. The SMILES string of the molecule is C[C@H]1CCc2ccccc2N1CC(=O)N1c2ccccc2NC(=O)C1(C)C. The summed E-state index contributed by atoms with van der Waals surface area (Å²) >= 11 is 0. The molecule has 2 aliphatic rings. The Morgan fingerprint density at radius 1 is 1.11 bits per heavy atom. The van der Waals surface area contributed by atoms with Gasteiger partial charge in [0.05, 0.1) is 17.9 Å². The molecule has 2 aromatic rings. The van der Waals surface area contributed by atoms with Crippen LogP contribution in [0.3, 0.4) is 0 Å². The smallest absolute Gasteiger partial charge is 0.250 e. The molecule has 1 atom stereocenters. The molecule has 0 radical (unpaired) electrons. The monoisotopic (exact) mass is 363 g/mol. The third-order valence-electron chi connectivity index (χ3n) is 5.73. The van der Waals surface area contributed by atoms with E-state index in [0.717, 1.165) is 24.2 Å². The quantitative estimate of drug-likeness (QED) is 0.887. The number of para-hydroxylation sites is 3. The highest BCUT2D eigenvalue weighted by molar-refractivity contribution is 6.14. The molecule has 0 spiro atoms. The molecule has 0 saturated carbocycles. The maximum absolute atomic E-state index is 13.4. The standard InChI is InChI=1S/C22H25N3O2/c1-15-12-13-16-8-4-6-10-18(16)24(15)14-20(26)25-19-11-7-5-9-17(19)23-21(27)22(25,2)3/h4-11,15H,12-14H2,1-3H3,(H,23,27)/t15-/m0/s1. The van der Waals surface area contributed by atoms with Gasteiger partial charge in [-0.05, 0) is 57.4 Å². The first-order valence-corrected chi connectivity index (χ1v) is 9.47. The fourth-order valence-corrected chi connectivity index (χ4v) is 4.12. The Balaban J connectivity index is 1.70. The first-order valence-electron chi connectivity index (χ1n) is 9.47. The summed E-state index contributed by atoms with van der Waals surface area (Å²) < 4.78 is 0. The number of benzene rings is 2. The molecule has 5 nitrogen and oxygen atoms in total. The second-order valence-corrected chi connectivity index (χ2v) is 7.90. The van der Waals surface area contributed by atoms with Gasteiger partial charge in [0.25, 0.3) is 0 Å². The number of amides is 2. The van der Waals surface area contributed by atoms with Crippen molar-refractivity contribution in [3.05, 3.63) is 54.1 Å². The topological polar surface area (TPSA) is 52.7 Å². The van der Waals surface area contributed by atoms with Gasteiger partial charge in [-0.25, -0.2) is 0 Å². The van der Waals surface area contributed by atoms with Crippen LogP contribution in [0.5, 0.6) is 0 Å². The van der Waals surface area contributed by atoms with Crippen LogP contribution in [0.2, 0.25) is 0 Å². The van der Waals surface area contributed by atoms with Gasteiger partial charge >= 0.3 is 0 Å². The Hall–Kier alpha value is -2.82. The third kappa shape index (κ3) is 2.87. The van der Waals surface area contributed by atoms with Gasteiger partial charge in [0.15, 0.2) is 0 Å². The van der Waals surface area contributed by atoms with E-state index >= 15 is 0 Å². The largest absolute Gasteiger partial charge is 0.359 e. The number of nitrogens with zero attached hydrogens (tertiary/aromatic N) is 2. The van der Waals surface area contributed by atoms with Crippen molar-refractivity contribution in [2.45, 2.75) is 45.2 Å². The van der Waals surface area contributed by atoms with Crippen molar-refractivity contribution in [2.24, 2.45) is 0 Å². The molecule has 0 saturated heterocycles. The van der Waals surface area contributed by atoms with Crippen molar-refractivity contribution >= 4 is 28.9 Å². The highest BCUT2D eigenvalue weighted by atomic mass is 16.2. The van der Waals surface area contributed by atoms with Gasteiger partial charge in [-0.2, -0.15) is 0 Å². The Kier molecular flexibility index (Phi) is 4.17. The van der Waals surface area contributed by atoms with E-state index in [0.29, 0.717) is 5.69 Å². The average Bonchev–Trinajstić information content (AvgIpc) is 2.65. The number of anilines is 3. The molecule has 27 heavy (non-hydrogen) atoms. The number of carbonyl (C=O) groups is 2. The van der Waals surface area contributed by atoms with E-state index in [1.54, 1.807) is 18.7 Å². The average molecular weight is 363 g/mol. The van der Waals surface area contributed by atoms with Crippen LogP contribution in [0.15, 0.2) is 48.5 Å². The predicted molar refractivity (Wildman–Crippen MR) is 108 cm³/mol. The van der Waals surface area contributed by atoms with Crippen LogP contribution < -0.4 is 15.1 Å². The minimum atomic E-state index is -0.940. The number of hydrogen-bond acceptors (Lipinski definition) is 3. The Morgan fingerprint density at radius 3 is 2.56 bits per heavy atom. The normalized spacial score (nSPS) is 20.6. The van der Waals surface area contributed by atoms with E-state index in [9.17, 15) is 9.59 Å². The van der Waals surface area contributed by atoms with Crippen molar-refractivity contribution in [1.82, 2.24) is 0 Å². The molecule has 0 aliphatic carbocycles. The van der Waals surface area contributed by atoms with E-state index in [-0.39, 0.29) is 24.4 Å². The molecule has 1 N–H and O–H groups in total. The maximum atomic E-state index is 13.4. The van der Waals surface area contributed by atoms with E-state index in [1.165, 1.54) is 5.56 Å². The van der Waals surface area contributed by atoms with Crippen LogP contribution >= 0.6 is 0 Å². The molecule has 2 heterocycles. The van der Waals surface area contributed by atoms with Gasteiger partial charge in [0.2, 0.25) is 11.8 Å². The maximum Gasteiger partial charge on any atom is 0.250 e. The minimum absolute atomic E-state index is 0.0640. The molecule has 140 valence electrons. The van der Waals surface area contributed by atoms with E-state index in [2.05, 4.69) is 29.3 Å². The van der Waals surface area contributed by atoms with Crippen molar-refractivity contribution in [2.75, 3.05) is 21.7 Å². The van der Waals surface area contributed by atoms with Crippen molar-refractivity contribution in [1.29, 1.82) is 0 Å². The lowest BCUT2D eigenvalue weighted by molar-refractivity contribution is -0.126. The zero-order chi connectivity index (χ0) is 19.2. The molecule has 0 aromatic heterocycles. The second kappa shape index (κ2) is 6.41. The minimum Gasteiger partial charge on any atom is -0.359 e. The van der Waals surface area contributed by atoms with Gasteiger partial charge in [-0.15, -0.1) is 0 Å². The van der Waals surface area contributed by atoms with Crippen LogP contribution in [0.25, 0.3) is 0 Å². The summed E-state index contributed by atoms with van der Waals surface area (Å²) in [4.78, 5) is 29.9. The first kappa shape index (κ1) is 17.6. The molecular weight excluding hydrogens is 338 g/mol. The van der Waals surface area contributed by atoms with Crippen LogP contribution in [-0.2, 0) is 16.0 Å². The molecule has 2 aromatic carbocycles. The Bertz CT molecular complexity index is 906. The molecule has 5 heteroatoms. The first-order chi connectivity index (χ1) is 12.9. The van der Waals surface area contributed by atoms with Gasteiger partial charge in [0, 0.05) is 11.7 Å². The molecule has 0 bridgehead atoms. The summed E-state index contributed by atoms with van der Waals surface area (Å²) in [5, 5.41) is 2.92. The number of aryl methyl sites for hydroxylation is 1. The van der Waals surface area contributed by atoms with Gasteiger partial charge in [-0.3, -0.25) is 14.5 Å². The molecule has 0 fully saturated rings. The number of nitrogens with one attached hydrogen (secondary N) is 1. The fraction of sp³-hybridized carbons (Fsp3) is 0.364. The van der Waals surface area contributed by atoms with E-state index in [1.807, 2.05) is 36.4 Å². The molecule has 2 aliphatic heterocycles. The van der Waals surface area contributed by atoms with Crippen LogP contribution in [0, 0.1) is 0 Å². The van der Waals surface area contributed by atoms with Crippen molar-refractivity contribution in [3.63, 3.8) is 0 Å². The summed E-state index contributed by atoms with van der Waals surface area (Å²) in [6, 6.07) is 16.0. The molecule has 0 unspecified atom stereocenters. The van der Waals surface area contributed by atoms with Crippen LogP contribution in [0.1, 0.15) is 32.8 Å². The summed E-state index contributed by atoms with van der Waals surface area (Å²) in [5.41, 5.74) is 2.90. The zero-order valence-corrected chi connectivity index (χ0v) is 16.0. The zero-order valence-electron chi connectivity index (χ0n) is 16.0. The van der Waals surface area contributed by atoms with E-state index in [4.69, 9.17) is 0 Å². The van der Waals surface area contributed by atoms with Crippen molar-refractivity contribution < 1.29 is 9.59 Å². The summed E-state index contributed by atoms with van der Waals surface area (Å²) in [7, 11) is 0. The lowest BCUT2D eigenvalue weighted by Crippen LogP contribution is -2.60. The summed E-state index contributed by atoms with van der Waals surface area (Å²) in [6.07, 6.45) is 2.05.